The van der Waals surface area contributed by atoms with Crippen molar-refractivity contribution in [2.45, 2.75) is 12.2 Å². The molecule has 1 saturated heterocycles. The number of rotatable bonds is 3. The van der Waals surface area contributed by atoms with Crippen LogP contribution in [0.2, 0.25) is 5.02 Å². The van der Waals surface area contributed by atoms with Crippen LogP contribution in [0.25, 0.3) is 0 Å². The van der Waals surface area contributed by atoms with Gasteiger partial charge in [-0.2, -0.15) is 0 Å². The molecule has 2 aliphatic heterocycles. The number of carbonyl (C=O) groups excluding carboxylic acids is 1. The first-order valence-corrected chi connectivity index (χ1v) is 6.67. The zero-order valence-corrected chi connectivity index (χ0v) is 11.4. The van der Waals surface area contributed by atoms with Gasteiger partial charge in [0, 0.05) is 5.69 Å². The molecule has 0 spiro atoms. The number of carbonyl (C=O) groups is 2. The van der Waals surface area contributed by atoms with Crippen molar-refractivity contribution in [1.82, 2.24) is 0 Å². The van der Waals surface area contributed by atoms with Gasteiger partial charge < -0.3 is 15.2 Å². The SMILES string of the molecule is O=C(O)[C@@H]1[C@H](C(=O)Nc2ccc(F)c(Cl)c2)[C@H]2C=C[C@H]1O2. The number of halogens is 2. The number of aliphatic carboxylic acids is 1. The quantitative estimate of drug-likeness (QED) is 0.838. The average molecular weight is 312 g/mol. The third kappa shape index (κ3) is 2.41. The zero-order chi connectivity index (χ0) is 15.1. The Kier molecular flexibility index (Phi) is 3.43. The lowest BCUT2D eigenvalue weighted by Crippen LogP contribution is -2.39. The van der Waals surface area contributed by atoms with Gasteiger partial charge in [0.25, 0.3) is 0 Å². The van der Waals surface area contributed by atoms with Crippen LogP contribution in [0.15, 0.2) is 30.4 Å². The number of carboxylic acid groups (broad SMARTS) is 1. The molecule has 3 rings (SSSR count). The summed E-state index contributed by atoms with van der Waals surface area (Å²) in [4.78, 5) is 23.6. The predicted octanol–water partition coefficient (Wildman–Crippen LogP) is 2.07. The van der Waals surface area contributed by atoms with Crippen molar-refractivity contribution in [1.29, 1.82) is 0 Å². The summed E-state index contributed by atoms with van der Waals surface area (Å²) in [5.41, 5.74) is 0.308. The van der Waals surface area contributed by atoms with E-state index in [-0.39, 0.29) is 5.02 Å². The van der Waals surface area contributed by atoms with Crippen molar-refractivity contribution in [3.8, 4) is 0 Å². The van der Waals surface area contributed by atoms with Crippen molar-refractivity contribution >= 4 is 29.2 Å². The number of nitrogens with one attached hydrogen (secondary N) is 1. The van der Waals surface area contributed by atoms with E-state index in [9.17, 15) is 19.1 Å². The van der Waals surface area contributed by atoms with E-state index in [2.05, 4.69) is 5.32 Å². The highest BCUT2D eigenvalue weighted by Crippen LogP contribution is 2.39. The largest absolute Gasteiger partial charge is 0.481 e. The highest BCUT2D eigenvalue weighted by molar-refractivity contribution is 6.31. The second-order valence-corrected chi connectivity index (χ2v) is 5.37. The number of hydrogen-bond acceptors (Lipinski definition) is 3. The maximum atomic E-state index is 13.1. The minimum atomic E-state index is -1.08. The molecule has 0 radical (unpaired) electrons. The molecule has 0 saturated carbocycles. The monoisotopic (exact) mass is 311 g/mol. The molecule has 110 valence electrons. The number of carboxylic acids is 1. The van der Waals surface area contributed by atoms with E-state index < -0.39 is 41.7 Å². The summed E-state index contributed by atoms with van der Waals surface area (Å²) in [6, 6.07) is 3.76. The van der Waals surface area contributed by atoms with Gasteiger partial charge in [-0.15, -0.1) is 0 Å². The summed E-state index contributed by atoms with van der Waals surface area (Å²) >= 11 is 5.64. The second-order valence-electron chi connectivity index (χ2n) is 4.96. The van der Waals surface area contributed by atoms with Gasteiger partial charge in [-0.05, 0) is 18.2 Å². The summed E-state index contributed by atoms with van der Waals surface area (Å²) in [6.07, 6.45) is 2.21. The van der Waals surface area contributed by atoms with Crippen molar-refractivity contribution in [2.24, 2.45) is 11.8 Å². The Bertz CT molecular complexity index is 648. The summed E-state index contributed by atoms with van der Waals surface area (Å²) in [5.74, 6) is -3.90. The first-order chi connectivity index (χ1) is 9.97. The van der Waals surface area contributed by atoms with Crippen molar-refractivity contribution in [3.05, 3.63) is 41.2 Å². The molecule has 0 aliphatic carbocycles. The predicted molar refractivity (Wildman–Crippen MR) is 72.5 cm³/mol. The molecule has 5 nitrogen and oxygen atoms in total. The Morgan fingerprint density at radius 2 is 1.90 bits per heavy atom. The Balaban J connectivity index is 1.80. The van der Waals surface area contributed by atoms with Gasteiger partial charge in [0.05, 0.1) is 23.1 Å². The third-order valence-electron chi connectivity index (χ3n) is 3.67. The third-order valence-corrected chi connectivity index (χ3v) is 3.96. The van der Waals surface area contributed by atoms with Gasteiger partial charge in [0.1, 0.15) is 11.7 Å². The minimum Gasteiger partial charge on any atom is -0.481 e. The minimum absolute atomic E-state index is 0.119. The van der Waals surface area contributed by atoms with E-state index in [1.807, 2.05) is 0 Å². The van der Waals surface area contributed by atoms with E-state index in [0.717, 1.165) is 6.07 Å². The maximum absolute atomic E-state index is 13.1. The van der Waals surface area contributed by atoms with Crippen LogP contribution >= 0.6 is 11.6 Å². The van der Waals surface area contributed by atoms with Gasteiger partial charge in [0.15, 0.2) is 0 Å². The molecule has 0 unspecified atom stereocenters. The Morgan fingerprint density at radius 1 is 1.24 bits per heavy atom. The summed E-state index contributed by atoms with van der Waals surface area (Å²) in [6.45, 7) is 0. The standard InChI is InChI=1S/C14H11ClFNO4/c15-7-5-6(1-2-8(7)16)17-13(18)11-9-3-4-10(21-9)12(11)14(19)20/h1-5,9-12H,(H,17,18)(H,19,20)/t9-,10-,11-,12+/m1/s1. The van der Waals surface area contributed by atoms with Crippen LogP contribution in [0.1, 0.15) is 0 Å². The molecule has 2 aliphatic rings. The molecule has 2 bridgehead atoms. The lowest BCUT2D eigenvalue weighted by atomic mass is 9.82. The molecule has 7 heteroatoms. The van der Waals surface area contributed by atoms with Crippen LogP contribution in [-0.4, -0.2) is 29.2 Å². The molecule has 1 aromatic carbocycles. The van der Waals surface area contributed by atoms with Crippen LogP contribution < -0.4 is 5.32 Å². The summed E-state index contributed by atoms with van der Waals surface area (Å²) in [5, 5.41) is 11.7. The van der Waals surface area contributed by atoms with Crippen LogP contribution in [0.3, 0.4) is 0 Å². The fourth-order valence-electron chi connectivity index (χ4n) is 2.71. The Labute approximate surface area is 124 Å². The highest BCUT2D eigenvalue weighted by Gasteiger charge is 2.53. The van der Waals surface area contributed by atoms with Gasteiger partial charge in [-0.25, -0.2) is 4.39 Å². The van der Waals surface area contributed by atoms with E-state index in [4.69, 9.17) is 16.3 Å². The molecule has 1 fully saturated rings. The normalized spacial score (nSPS) is 29.6. The van der Waals surface area contributed by atoms with E-state index in [1.54, 1.807) is 12.2 Å². The van der Waals surface area contributed by atoms with E-state index in [0.29, 0.717) is 5.69 Å². The van der Waals surface area contributed by atoms with Crippen LogP contribution in [0.5, 0.6) is 0 Å². The topological polar surface area (TPSA) is 75.6 Å². The molecular weight excluding hydrogens is 301 g/mol. The average Bonchev–Trinajstić information content (AvgIpc) is 3.03. The van der Waals surface area contributed by atoms with Crippen LogP contribution in [0.4, 0.5) is 10.1 Å². The van der Waals surface area contributed by atoms with Gasteiger partial charge >= 0.3 is 5.97 Å². The number of amides is 1. The summed E-state index contributed by atoms with van der Waals surface area (Å²) in [7, 11) is 0. The molecule has 2 heterocycles. The fourth-order valence-corrected chi connectivity index (χ4v) is 2.90. The fraction of sp³-hybridized carbons (Fsp3) is 0.286. The Hall–Kier alpha value is -1.92. The molecule has 2 N–H and O–H groups in total. The van der Waals surface area contributed by atoms with Crippen molar-refractivity contribution in [3.63, 3.8) is 0 Å². The van der Waals surface area contributed by atoms with Gasteiger partial charge in [0.2, 0.25) is 5.91 Å². The molecule has 0 aromatic heterocycles. The lowest BCUT2D eigenvalue weighted by molar-refractivity contribution is -0.145. The number of hydrogen-bond donors (Lipinski definition) is 2. The van der Waals surface area contributed by atoms with Crippen LogP contribution in [0, 0.1) is 17.7 Å². The smallest absolute Gasteiger partial charge is 0.310 e. The lowest BCUT2D eigenvalue weighted by Gasteiger charge is -2.21. The van der Waals surface area contributed by atoms with Crippen molar-refractivity contribution < 1.29 is 23.8 Å². The zero-order valence-electron chi connectivity index (χ0n) is 10.6. The van der Waals surface area contributed by atoms with E-state index in [1.165, 1.54) is 12.1 Å². The maximum Gasteiger partial charge on any atom is 0.310 e. The molecule has 4 atom stereocenters. The molecule has 1 aromatic rings. The second kappa shape index (κ2) is 5.13. The summed E-state index contributed by atoms with van der Waals surface area (Å²) < 4.78 is 18.5. The van der Waals surface area contributed by atoms with Crippen LogP contribution in [-0.2, 0) is 14.3 Å². The molecular formula is C14H11ClFNO4. The number of ether oxygens (including phenoxy) is 1. The highest BCUT2D eigenvalue weighted by atomic mass is 35.5. The van der Waals surface area contributed by atoms with Crippen molar-refractivity contribution in [2.75, 3.05) is 5.32 Å². The Morgan fingerprint density at radius 3 is 2.52 bits per heavy atom. The number of fused-ring (bicyclic) bond motifs is 2. The molecule has 21 heavy (non-hydrogen) atoms. The number of benzene rings is 1. The molecule has 1 amide bonds. The van der Waals surface area contributed by atoms with Gasteiger partial charge in [-0.3, -0.25) is 9.59 Å². The first-order valence-electron chi connectivity index (χ1n) is 6.30. The van der Waals surface area contributed by atoms with Gasteiger partial charge in [-0.1, -0.05) is 23.8 Å². The first kappa shape index (κ1) is 14.0. The van der Waals surface area contributed by atoms with E-state index >= 15 is 0 Å². The number of anilines is 1.